The van der Waals surface area contributed by atoms with Gasteiger partial charge < -0.3 is 10.5 Å². The van der Waals surface area contributed by atoms with Gasteiger partial charge in [-0.1, -0.05) is 42.3 Å². The molecule has 19 heavy (non-hydrogen) atoms. The molecule has 0 aromatic heterocycles. The average molecular weight is 296 g/mol. The number of nitrogen functional groups attached to an aromatic ring is 1. The fourth-order valence-electron chi connectivity index (χ4n) is 1.77. The van der Waals surface area contributed by atoms with Crippen molar-refractivity contribution in [3.8, 4) is 5.75 Å². The lowest BCUT2D eigenvalue weighted by Crippen LogP contribution is -2.00. The lowest BCUT2D eigenvalue weighted by molar-refractivity contribution is 0.308. The maximum atomic E-state index is 6.09. The lowest BCUT2D eigenvalue weighted by atomic mass is 10.1. The first-order chi connectivity index (χ1) is 9.11. The van der Waals surface area contributed by atoms with Crippen LogP contribution in [-0.4, -0.2) is 0 Å². The van der Waals surface area contributed by atoms with Crippen molar-refractivity contribution in [2.45, 2.75) is 20.0 Å². The summed E-state index contributed by atoms with van der Waals surface area (Å²) in [6, 6.07) is 11.2. The number of ether oxygens (including phenoxy) is 1. The monoisotopic (exact) mass is 295 g/mol. The molecular weight excluding hydrogens is 281 g/mol. The molecule has 0 fully saturated rings. The van der Waals surface area contributed by atoms with Crippen LogP contribution in [0.3, 0.4) is 0 Å². The van der Waals surface area contributed by atoms with E-state index in [1.165, 1.54) is 5.56 Å². The highest BCUT2D eigenvalue weighted by molar-refractivity contribution is 6.35. The number of rotatable bonds is 4. The topological polar surface area (TPSA) is 35.2 Å². The predicted molar refractivity (Wildman–Crippen MR) is 81.0 cm³/mol. The van der Waals surface area contributed by atoms with Gasteiger partial charge in [-0.05, 0) is 36.2 Å². The van der Waals surface area contributed by atoms with Gasteiger partial charge in [-0.2, -0.15) is 0 Å². The van der Waals surface area contributed by atoms with Crippen LogP contribution in [0.25, 0.3) is 0 Å². The number of hydrogen-bond donors (Lipinski definition) is 1. The molecule has 2 aromatic rings. The van der Waals surface area contributed by atoms with Gasteiger partial charge in [0.15, 0.2) is 0 Å². The molecule has 0 bridgehead atoms. The van der Waals surface area contributed by atoms with Gasteiger partial charge in [-0.25, -0.2) is 0 Å². The molecule has 2 nitrogen and oxygen atoms in total. The second-order valence-corrected chi connectivity index (χ2v) is 5.03. The van der Waals surface area contributed by atoms with Crippen molar-refractivity contribution < 1.29 is 4.74 Å². The smallest absolute Gasteiger partial charge is 0.142 e. The molecule has 0 aliphatic carbocycles. The molecule has 0 saturated heterocycles. The molecule has 0 heterocycles. The largest absolute Gasteiger partial charge is 0.487 e. The molecule has 2 rings (SSSR count). The minimum absolute atomic E-state index is 0.300. The molecule has 0 saturated carbocycles. The molecule has 0 atom stereocenters. The summed E-state index contributed by atoms with van der Waals surface area (Å²) in [7, 11) is 0. The van der Waals surface area contributed by atoms with Crippen molar-refractivity contribution in [3.63, 3.8) is 0 Å². The zero-order valence-electron chi connectivity index (χ0n) is 10.6. The van der Waals surface area contributed by atoms with Crippen molar-refractivity contribution in [1.29, 1.82) is 0 Å². The van der Waals surface area contributed by atoms with E-state index in [9.17, 15) is 0 Å². The van der Waals surface area contributed by atoms with Crippen LogP contribution in [0.15, 0.2) is 36.4 Å². The van der Waals surface area contributed by atoms with E-state index in [-0.39, 0.29) is 0 Å². The van der Waals surface area contributed by atoms with E-state index in [1.807, 2.05) is 18.2 Å². The van der Waals surface area contributed by atoms with Crippen molar-refractivity contribution >= 4 is 28.9 Å². The standard InChI is InChI=1S/C15H15Cl2NO/c1-2-10-6-7-15(14(18)8-10)19-9-11-12(16)4-3-5-13(11)17/h3-8H,2,9,18H2,1H3. The number of aryl methyl sites for hydroxylation is 1. The lowest BCUT2D eigenvalue weighted by Gasteiger charge is -2.12. The Bertz CT molecular complexity index is 564. The molecule has 2 aromatic carbocycles. The van der Waals surface area contributed by atoms with Crippen LogP contribution >= 0.6 is 23.2 Å². The quantitative estimate of drug-likeness (QED) is 0.829. The Kier molecular flexibility index (Phi) is 4.56. The van der Waals surface area contributed by atoms with Crippen LogP contribution in [-0.2, 0) is 13.0 Å². The molecule has 100 valence electrons. The first kappa shape index (κ1) is 14.0. The molecule has 0 aliphatic heterocycles. The van der Waals surface area contributed by atoms with E-state index < -0.39 is 0 Å². The average Bonchev–Trinajstić information content (AvgIpc) is 2.39. The van der Waals surface area contributed by atoms with E-state index in [2.05, 4.69) is 6.92 Å². The molecule has 2 N–H and O–H groups in total. The van der Waals surface area contributed by atoms with E-state index in [1.54, 1.807) is 18.2 Å². The van der Waals surface area contributed by atoms with Crippen molar-refractivity contribution in [3.05, 3.63) is 57.6 Å². The summed E-state index contributed by atoms with van der Waals surface area (Å²) < 4.78 is 5.69. The summed E-state index contributed by atoms with van der Waals surface area (Å²) in [4.78, 5) is 0. The van der Waals surface area contributed by atoms with Crippen LogP contribution in [0.4, 0.5) is 5.69 Å². The van der Waals surface area contributed by atoms with Crippen molar-refractivity contribution in [1.82, 2.24) is 0 Å². The maximum Gasteiger partial charge on any atom is 0.142 e. The van der Waals surface area contributed by atoms with Crippen LogP contribution in [0.2, 0.25) is 10.0 Å². The zero-order chi connectivity index (χ0) is 13.8. The fraction of sp³-hybridized carbons (Fsp3) is 0.200. The van der Waals surface area contributed by atoms with E-state index in [0.717, 1.165) is 12.0 Å². The van der Waals surface area contributed by atoms with Gasteiger partial charge in [0.2, 0.25) is 0 Å². The number of nitrogens with two attached hydrogens (primary N) is 1. The van der Waals surface area contributed by atoms with Crippen LogP contribution < -0.4 is 10.5 Å². The number of hydrogen-bond acceptors (Lipinski definition) is 2. The van der Waals surface area contributed by atoms with Crippen LogP contribution in [0.1, 0.15) is 18.1 Å². The van der Waals surface area contributed by atoms with Gasteiger partial charge in [0.1, 0.15) is 12.4 Å². The first-order valence-electron chi connectivity index (χ1n) is 6.06. The Morgan fingerprint density at radius 3 is 2.37 bits per heavy atom. The van der Waals surface area contributed by atoms with Gasteiger partial charge in [-0.3, -0.25) is 0 Å². The first-order valence-corrected chi connectivity index (χ1v) is 6.81. The van der Waals surface area contributed by atoms with E-state index in [0.29, 0.717) is 28.1 Å². The SMILES string of the molecule is CCc1ccc(OCc2c(Cl)cccc2Cl)c(N)c1. The molecule has 0 unspecified atom stereocenters. The minimum Gasteiger partial charge on any atom is -0.487 e. The fourth-order valence-corrected chi connectivity index (χ4v) is 2.28. The normalized spacial score (nSPS) is 10.5. The molecule has 0 radical (unpaired) electrons. The minimum atomic E-state index is 0.300. The third kappa shape index (κ3) is 3.34. The van der Waals surface area contributed by atoms with Gasteiger partial charge >= 0.3 is 0 Å². The van der Waals surface area contributed by atoms with Crippen molar-refractivity contribution in [2.75, 3.05) is 5.73 Å². The van der Waals surface area contributed by atoms with E-state index >= 15 is 0 Å². The maximum absolute atomic E-state index is 6.09. The van der Waals surface area contributed by atoms with Gasteiger partial charge in [0, 0.05) is 15.6 Å². The van der Waals surface area contributed by atoms with Crippen LogP contribution in [0, 0.1) is 0 Å². The Labute approximate surface area is 123 Å². The zero-order valence-corrected chi connectivity index (χ0v) is 12.1. The molecule has 0 spiro atoms. The highest BCUT2D eigenvalue weighted by Crippen LogP contribution is 2.28. The number of benzene rings is 2. The number of anilines is 1. The van der Waals surface area contributed by atoms with Gasteiger partial charge in [-0.15, -0.1) is 0 Å². The Balaban J connectivity index is 2.15. The van der Waals surface area contributed by atoms with Gasteiger partial charge in [0.25, 0.3) is 0 Å². The summed E-state index contributed by atoms with van der Waals surface area (Å²) in [5.41, 5.74) is 8.52. The summed E-state index contributed by atoms with van der Waals surface area (Å²) in [5, 5.41) is 1.19. The third-order valence-electron chi connectivity index (χ3n) is 2.92. The third-order valence-corrected chi connectivity index (χ3v) is 3.62. The molecule has 4 heteroatoms. The predicted octanol–water partition coefficient (Wildman–Crippen LogP) is 4.72. The second-order valence-electron chi connectivity index (χ2n) is 4.21. The Morgan fingerprint density at radius 2 is 1.79 bits per heavy atom. The second kappa shape index (κ2) is 6.18. The summed E-state index contributed by atoms with van der Waals surface area (Å²) in [6.45, 7) is 2.38. The van der Waals surface area contributed by atoms with E-state index in [4.69, 9.17) is 33.7 Å². The number of halogens is 2. The Hall–Kier alpha value is -1.38. The summed E-state index contributed by atoms with van der Waals surface area (Å²) in [5.74, 6) is 0.646. The Morgan fingerprint density at radius 1 is 1.11 bits per heavy atom. The van der Waals surface area contributed by atoms with Crippen molar-refractivity contribution in [2.24, 2.45) is 0 Å². The van der Waals surface area contributed by atoms with Gasteiger partial charge in [0.05, 0.1) is 5.69 Å². The summed E-state index contributed by atoms with van der Waals surface area (Å²) in [6.07, 6.45) is 0.945. The highest BCUT2D eigenvalue weighted by atomic mass is 35.5. The molecular formula is C15H15Cl2NO. The molecule has 0 aliphatic rings. The highest BCUT2D eigenvalue weighted by Gasteiger charge is 2.08. The molecule has 0 amide bonds. The summed E-state index contributed by atoms with van der Waals surface area (Å²) >= 11 is 12.2. The van der Waals surface area contributed by atoms with Crippen LogP contribution in [0.5, 0.6) is 5.75 Å².